The van der Waals surface area contributed by atoms with Crippen molar-refractivity contribution in [1.82, 2.24) is 9.97 Å². The van der Waals surface area contributed by atoms with Crippen LogP contribution in [0.25, 0.3) is 28.9 Å². The van der Waals surface area contributed by atoms with Crippen molar-refractivity contribution < 1.29 is 0 Å². The SMILES string of the molecule is C1=CC2=NC1=CC1=NC(=Cc3cc(=C4Nc5ccccc5N4)c([nH]3)=CC3=NC(=C2)C=C3)C=C1.c1ccc2ncccc2c1. The quantitative estimate of drug-likeness (QED) is 0.257. The molecule has 0 amide bonds. The second-order valence-electron chi connectivity index (χ2n) is 10.4. The van der Waals surface area contributed by atoms with Crippen LogP contribution in [0.3, 0.4) is 0 Å². The molecule has 0 spiro atoms. The molecule has 5 aliphatic heterocycles. The highest BCUT2D eigenvalue weighted by Gasteiger charge is 2.15. The van der Waals surface area contributed by atoms with Gasteiger partial charge in [-0.3, -0.25) is 4.98 Å². The number of hydrogen-bond donors (Lipinski definition) is 3. The summed E-state index contributed by atoms with van der Waals surface area (Å²) in [5, 5.41) is 10.2. The van der Waals surface area contributed by atoms with Crippen molar-refractivity contribution in [2.75, 3.05) is 10.6 Å². The van der Waals surface area contributed by atoms with Gasteiger partial charge in [-0.25, -0.2) is 15.0 Å². The molecule has 4 aromatic rings. The Balaban J connectivity index is 0.000000235. The first kappa shape index (κ1) is 24.7. The van der Waals surface area contributed by atoms with Gasteiger partial charge in [0.05, 0.1) is 56.5 Å². The van der Waals surface area contributed by atoms with E-state index in [1.165, 1.54) is 5.39 Å². The molecule has 0 fully saturated rings. The molecule has 7 nitrogen and oxygen atoms in total. The Morgan fingerprint density at radius 2 is 1.12 bits per heavy atom. The van der Waals surface area contributed by atoms with E-state index in [-0.39, 0.29) is 0 Å². The summed E-state index contributed by atoms with van der Waals surface area (Å²) in [5.74, 6) is 0.937. The van der Waals surface area contributed by atoms with E-state index in [9.17, 15) is 0 Å². The number of pyridine rings is 1. The van der Waals surface area contributed by atoms with Crippen LogP contribution < -0.4 is 21.2 Å². The summed E-state index contributed by atoms with van der Waals surface area (Å²) in [6.07, 6.45) is 22.0. The monoisotopic (exact) mass is 555 g/mol. The maximum Gasteiger partial charge on any atom is 0.117 e. The van der Waals surface area contributed by atoms with Gasteiger partial charge in [0.15, 0.2) is 0 Å². The molecule has 0 radical (unpaired) electrons. The molecule has 204 valence electrons. The summed E-state index contributed by atoms with van der Waals surface area (Å²) < 4.78 is 0. The summed E-state index contributed by atoms with van der Waals surface area (Å²) in [7, 11) is 0. The Kier molecular flexibility index (Phi) is 5.97. The molecule has 43 heavy (non-hydrogen) atoms. The van der Waals surface area contributed by atoms with Gasteiger partial charge in [0.25, 0.3) is 0 Å². The highest BCUT2D eigenvalue weighted by atomic mass is 15.2. The number of anilines is 2. The number of aromatic nitrogens is 2. The molecule has 7 heterocycles. The van der Waals surface area contributed by atoms with E-state index in [1.54, 1.807) is 0 Å². The van der Waals surface area contributed by atoms with Gasteiger partial charge < -0.3 is 15.6 Å². The van der Waals surface area contributed by atoms with Crippen molar-refractivity contribution in [2.24, 2.45) is 15.0 Å². The summed E-state index contributed by atoms with van der Waals surface area (Å²) in [5.41, 5.74) is 9.45. The lowest BCUT2D eigenvalue weighted by molar-refractivity contribution is 1.28. The third-order valence-electron chi connectivity index (χ3n) is 7.33. The Bertz CT molecular complexity index is 2140. The molecule has 9 rings (SSSR count). The smallest absolute Gasteiger partial charge is 0.117 e. The molecular formula is C36H25N7. The number of rotatable bonds is 0. The number of H-pyrrole nitrogens is 1. The normalized spacial score (nSPS) is 17.0. The second kappa shape index (κ2) is 10.4. The van der Waals surface area contributed by atoms with Crippen molar-refractivity contribution >= 4 is 57.4 Å². The van der Waals surface area contributed by atoms with Gasteiger partial charge in [-0.05, 0) is 91.1 Å². The zero-order chi connectivity index (χ0) is 28.6. The van der Waals surface area contributed by atoms with E-state index in [2.05, 4.69) is 62.0 Å². The van der Waals surface area contributed by atoms with Crippen LogP contribution >= 0.6 is 0 Å². The van der Waals surface area contributed by atoms with Gasteiger partial charge in [-0.15, -0.1) is 0 Å². The average Bonchev–Trinajstić information content (AvgIpc) is 3.87. The van der Waals surface area contributed by atoms with Gasteiger partial charge >= 0.3 is 0 Å². The van der Waals surface area contributed by atoms with Crippen LogP contribution in [0.4, 0.5) is 11.4 Å². The molecule has 0 atom stereocenters. The predicted molar refractivity (Wildman–Crippen MR) is 177 cm³/mol. The van der Waals surface area contributed by atoms with Crippen molar-refractivity contribution in [2.45, 2.75) is 0 Å². The molecule has 2 aromatic carbocycles. The highest BCUT2D eigenvalue weighted by Crippen LogP contribution is 2.29. The van der Waals surface area contributed by atoms with Crippen LogP contribution in [0.5, 0.6) is 0 Å². The van der Waals surface area contributed by atoms with Gasteiger partial charge in [-0.2, -0.15) is 0 Å². The zero-order valence-electron chi connectivity index (χ0n) is 23.0. The molecule has 7 heteroatoms. The Morgan fingerprint density at radius 1 is 0.535 bits per heavy atom. The minimum atomic E-state index is 0.879. The fraction of sp³-hybridized carbons (Fsp3) is 0. The average molecular weight is 556 g/mol. The number of nitrogens with one attached hydrogen (secondary N) is 3. The lowest BCUT2D eigenvalue weighted by Crippen LogP contribution is -2.29. The standard InChI is InChI=1S/C27H18N6.C9H7N/c1-2-4-25-24(3-1)32-27(33-25)23-14-22-13-20-8-7-18(29-20)11-16-5-6-17(28-16)12-19-9-10-21(30-19)15-26(23)31-22;1-2-6-9-8(4-1)5-3-7-10-9/h1-15,31-33H;1-7H. The molecular weight excluding hydrogens is 530 g/mol. The van der Waals surface area contributed by atoms with Crippen molar-refractivity contribution in [3.05, 3.63) is 155 Å². The van der Waals surface area contributed by atoms with E-state index < -0.39 is 0 Å². The minimum absolute atomic E-state index is 0.879. The van der Waals surface area contributed by atoms with Crippen LogP contribution in [0.15, 0.2) is 154 Å². The maximum absolute atomic E-state index is 4.77. The predicted octanol–water partition coefficient (Wildman–Crippen LogP) is 5.79. The first-order valence-electron chi connectivity index (χ1n) is 14.1. The van der Waals surface area contributed by atoms with Crippen molar-refractivity contribution in [3.63, 3.8) is 0 Å². The van der Waals surface area contributed by atoms with E-state index in [0.717, 1.165) is 73.2 Å². The largest absolute Gasteiger partial charge is 0.355 e. The fourth-order valence-corrected chi connectivity index (χ4v) is 5.32. The van der Waals surface area contributed by atoms with Gasteiger partial charge in [0, 0.05) is 22.5 Å². The molecule has 5 aliphatic rings. The van der Waals surface area contributed by atoms with E-state index >= 15 is 0 Å². The summed E-state index contributed by atoms with van der Waals surface area (Å²) in [4.78, 5) is 21.9. The first-order chi connectivity index (χ1) is 21.2. The van der Waals surface area contributed by atoms with Gasteiger partial charge in [-0.1, -0.05) is 36.4 Å². The van der Waals surface area contributed by atoms with Crippen LogP contribution in [0.2, 0.25) is 0 Å². The fourth-order valence-electron chi connectivity index (χ4n) is 5.32. The van der Waals surface area contributed by atoms with Gasteiger partial charge in [0.2, 0.25) is 0 Å². The van der Waals surface area contributed by atoms with Crippen LogP contribution in [0, 0.1) is 0 Å². The van der Waals surface area contributed by atoms with Gasteiger partial charge in [0.1, 0.15) is 5.82 Å². The lowest BCUT2D eigenvalue weighted by Gasteiger charge is -1.97. The number of aliphatic imine (C=N–C) groups is 3. The number of para-hydroxylation sites is 3. The molecule has 0 unspecified atom stereocenters. The summed E-state index contributed by atoms with van der Waals surface area (Å²) in [6.45, 7) is 0. The molecule has 0 aliphatic carbocycles. The molecule has 3 N–H and O–H groups in total. The minimum Gasteiger partial charge on any atom is -0.355 e. The highest BCUT2D eigenvalue weighted by molar-refractivity contribution is 6.20. The van der Waals surface area contributed by atoms with Crippen LogP contribution in [-0.2, 0) is 0 Å². The third kappa shape index (κ3) is 5.11. The van der Waals surface area contributed by atoms with Crippen molar-refractivity contribution in [3.8, 4) is 0 Å². The number of benzene rings is 2. The third-order valence-corrected chi connectivity index (χ3v) is 7.33. The summed E-state index contributed by atoms with van der Waals surface area (Å²) in [6, 6.07) is 22.4. The Labute approximate surface area is 247 Å². The zero-order valence-corrected chi connectivity index (χ0v) is 23.0. The summed E-state index contributed by atoms with van der Waals surface area (Å²) >= 11 is 0. The molecule has 0 saturated heterocycles. The van der Waals surface area contributed by atoms with Crippen LogP contribution in [-0.4, -0.2) is 27.1 Å². The second-order valence-corrected chi connectivity index (χ2v) is 10.4. The number of aromatic amines is 1. The van der Waals surface area contributed by atoms with Crippen molar-refractivity contribution in [1.29, 1.82) is 0 Å². The Hall–Kier alpha value is -6.08. The number of fused-ring (bicyclic) bond motifs is 7. The maximum atomic E-state index is 4.77. The van der Waals surface area contributed by atoms with E-state index in [4.69, 9.17) is 9.98 Å². The Morgan fingerprint density at radius 3 is 1.79 bits per heavy atom. The molecule has 8 bridgehead atoms. The number of nitrogens with zero attached hydrogens (tertiary/aromatic N) is 4. The number of hydrogen-bond acceptors (Lipinski definition) is 6. The first-order valence-corrected chi connectivity index (χ1v) is 14.1. The molecule has 2 aromatic heterocycles. The lowest BCUT2D eigenvalue weighted by atomic mass is 10.2. The number of allylic oxidation sites excluding steroid dienone is 8. The van der Waals surface area contributed by atoms with Crippen LogP contribution in [0.1, 0.15) is 5.69 Å². The van der Waals surface area contributed by atoms with E-state index in [1.807, 2.05) is 97.3 Å². The molecule has 0 saturated carbocycles. The van der Waals surface area contributed by atoms with E-state index in [0.29, 0.717) is 0 Å². The topological polar surface area (TPSA) is 89.8 Å².